The van der Waals surface area contributed by atoms with E-state index in [4.69, 9.17) is 18.7 Å². The van der Waals surface area contributed by atoms with Crippen LogP contribution < -0.4 is 16.4 Å². The summed E-state index contributed by atoms with van der Waals surface area (Å²) in [4.78, 5) is 56.9. The highest BCUT2D eigenvalue weighted by molar-refractivity contribution is 6.59. The van der Waals surface area contributed by atoms with Crippen LogP contribution in [0, 0.1) is 0 Å². The number of hydrogen-bond donors (Lipinski definition) is 5. The monoisotopic (exact) mass is 537 g/mol. The molecule has 0 bridgehead atoms. The average Bonchev–Trinajstić information content (AvgIpc) is 2.85. The summed E-state index contributed by atoms with van der Waals surface area (Å²) in [7, 11) is 5.09. The smallest absolute Gasteiger partial charge is 0.326 e. The fourth-order valence-electron chi connectivity index (χ4n) is 4.08. The lowest BCUT2D eigenvalue weighted by atomic mass is 9.92. The van der Waals surface area contributed by atoms with Gasteiger partial charge in [-0.1, -0.05) is 64.2 Å². The van der Waals surface area contributed by atoms with Crippen LogP contribution in [-0.2, 0) is 24.0 Å². The van der Waals surface area contributed by atoms with Gasteiger partial charge in [0.15, 0.2) is 7.85 Å². The molecule has 0 fully saturated rings. The Kier molecular flexibility index (Phi) is 22.2. The fraction of sp³-hybridized carbons (Fsp3) is 0.815. The topological polar surface area (TPSA) is 176 Å². The van der Waals surface area contributed by atoms with Crippen molar-refractivity contribution in [2.75, 3.05) is 6.54 Å². The van der Waals surface area contributed by atoms with Crippen molar-refractivity contribution in [3.05, 3.63) is 0 Å². The highest BCUT2D eigenvalue weighted by atomic mass is 16.4. The Bertz CT molecular complexity index is 706. The van der Waals surface area contributed by atoms with E-state index in [0.717, 1.165) is 51.4 Å². The highest BCUT2D eigenvalue weighted by Crippen LogP contribution is 2.13. The van der Waals surface area contributed by atoms with Crippen LogP contribution in [-0.4, -0.2) is 66.1 Å². The Morgan fingerprint density at radius 2 is 1.13 bits per heavy atom. The molecule has 6 N–H and O–H groups in total. The molecule has 38 heavy (non-hydrogen) atoms. The molecule has 0 spiro atoms. The van der Waals surface area contributed by atoms with Crippen molar-refractivity contribution in [2.45, 2.75) is 134 Å². The lowest BCUT2D eigenvalue weighted by Gasteiger charge is -2.14. The summed E-state index contributed by atoms with van der Waals surface area (Å²) in [6.45, 7) is 0.393. The maximum absolute atomic E-state index is 12.1. The van der Waals surface area contributed by atoms with Crippen molar-refractivity contribution >= 4 is 37.3 Å². The molecule has 2 radical (unpaired) electrons. The number of unbranched alkanes of at least 4 members (excludes halogenated alkanes) is 12. The Morgan fingerprint density at radius 1 is 0.632 bits per heavy atom. The Balaban J connectivity index is 3.75. The number of amides is 2. The van der Waals surface area contributed by atoms with E-state index in [1.807, 2.05) is 0 Å². The molecule has 0 aromatic carbocycles. The molecule has 0 aromatic heterocycles. The van der Waals surface area contributed by atoms with E-state index in [2.05, 4.69) is 10.6 Å². The summed E-state index contributed by atoms with van der Waals surface area (Å²) in [5.41, 5.74) is 4.98. The van der Waals surface area contributed by atoms with E-state index in [-0.39, 0.29) is 37.5 Å². The summed E-state index contributed by atoms with van der Waals surface area (Å²) in [6, 6.07) is -1.79. The van der Waals surface area contributed by atoms with Crippen LogP contribution in [0.25, 0.3) is 0 Å². The van der Waals surface area contributed by atoms with Crippen molar-refractivity contribution in [2.24, 2.45) is 5.73 Å². The third-order valence-corrected chi connectivity index (χ3v) is 6.47. The minimum absolute atomic E-state index is 0.0111. The Hall–Kier alpha value is -2.43. The number of rotatable bonds is 26. The molecule has 216 valence electrons. The van der Waals surface area contributed by atoms with E-state index in [0.29, 0.717) is 32.2 Å². The zero-order valence-corrected chi connectivity index (χ0v) is 22.9. The van der Waals surface area contributed by atoms with Crippen LogP contribution in [0.1, 0.15) is 122 Å². The molecule has 2 atom stereocenters. The minimum Gasteiger partial charge on any atom is -0.481 e. The van der Waals surface area contributed by atoms with Crippen LogP contribution in [0.15, 0.2) is 0 Å². The first-order chi connectivity index (χ1) is 18.1. The number of carbonyl (C=O) groups is 5. The Labute approximate surface area is 228 Å². The molecule has 11 heteroatoms. The predicted octanol–water partition coefficient (Wildman–Crippen LogP) is 3.19. The second kappa shape index (κ2) is 23.7. The fourth-order valence-corrected chi connectivity index (χ4v) is 4.08. The number of nitrogens with two attached hydrogens (primary N) is 1. The molecule has 0 rings (SSSR count). The lowest BCUT2D eigenvalue weighted by Crippen LogP contribution is -2.41. The summed E-state index contributed by atoms with van der Waals surface area (Å²) in [5.74, 6) is -2.48. The average molecular weight is 538 g/mol. The SMILES string of the molecule is [B]C(=O)[C@@H](N)CCCCNC(=O)CC[C@H](NC(=O)CCCCCCCCCCCCCCC(=O)O)C(=O)O. The van der Waals surface area contributed by atoms with Crippen molar-refractivity contribution in [3.63, 3.8) is 0 Å². The van der Waals surface area contributed by atoms with Crippen molar-refractivity contribution in [3.8, 4) is 0 Å². The van der Waals surface area contributed by atoms with E-state index in [1.165, 1.54) is 19.3 Å². The molecule has 0 aliphatic rings. The van der Waals surface area contributed by atoms with Gasteiger partial charge in [-0.05, 0) is 38.5 Å². The molecule has 0 aliphatic carbocycles. The minimum atomic E-state index is -1.16. The van der Waals surface area contributed by atoms with Gasteiger partial charge in [0, 0.05) is 25.8 Å². The van der Waals surface area contributed by atoms with Crippen LogP contribution in [0.3, 0.4) is 0 Å². The molecule has 0 aromatic rings. The molecule has 0 aliphatic heterocycles. The first-order valence-electron chi connectivity index (χ1n) is 14.2. The summed E-state index contributed by atoms with van der Waals surface area (Å²) in [5, 5.41) is 23.2. The summed E-state index contributed by atoms with van der Waals surface area (Å²) < 4.78 is 0. The van der Waals surface area contributed by atoms with Crippen LogP contribution in [0.4, 0.5) is 0 Å². The van der Waals surface area contributed by atoms with E-state index < -0.39 is 29.7 Å². The van der Waals surface area contributed by atoms with Gasteiger partial charge < -0.3 is 31.4 Å². The largest absolute Gasteiger partial charge is 0.481 e. The van der Waals surface area contributed by atoms with Gasteiger partial charge in [0.25, 0.3) is 0 Å². The second-order valence-electron chi connectivity index (χ2n) is 9.99. The van der Waals surface area contributed by atoms with Gasteiger partial charge in [0.05, 0.1) is 11.7 Å². The first-order valence-corrected chi connectivity index (χ1v) is 14.2. The number of aliphatic carboxylic acids is 2. The highest BCUT2D eigenvalue weighted by Gasteiger charge is 2.20. The normalized spacial score (nSPS) is 12.4. The van der Waals surface area contributed by atoms with Crippen molar-refractivity contribution in [1.82, 2.24) is 10.6 Å². The lowest BCUT2D eigenvalue weighted by molar-refractivity contribution is -0.142. The maximum atomic E-state index is 12.1. The van der Waals surface area contributed by atoms with Gasteiger partial charge in [0.1, 0.15) is 6.04 Å². The predicted molar refractivity (Wildman–Crippen MR) is 147 cm³/mol. The molecule has 0 unspecified atom stereocenters. The van der Waals surface area contributed by atoms with Crippen molar-refractivity contribution in [1.29, 1.82) is 0 Å². The number of nitrogens with one attached hydrogen (secondary N) is 2. The second-order valence-corrected chi connectivity index (χ2v) is 9.99. The standard InChI is InChI=1S/C27H48BN3O7/c28-26(36)21(29)15-13-14-20-30-23(32)19-18-22(27(37)38)31-24(33)16-11-9-7-5-3-1-2-4-6-8-10-12-17-25(34)35/h21-22H,1-20,29H2,(H,30,32)(H,31,33)(H,34,35)(H,37,38)/t21-,22-/m0/s1. The number of hydrogen-bond acceptors (Lipinski definition) is 6. The zero-order valence-electron chi connectivity index (χ0n) is 22.9. The third kappa shape index (κ3) is 22.7. The number of carboxylic acid groups (broad SMARTS) is 2. The Morgan fingerprint density at radius 3 is 1.61 bits per heavy atom. The molecule has 0 saturated carbocycles. The molecule has 0 heterocycles. The maximum Gasteiger partial charge on any atom is 0.326 e. The van der Waals surface area contributed by atoms with Gasteiger partial charge in [-0.2, -0.15) is 0 Å². The van der Waals surface area contributed by atoms with Crippen LogP contribution in [0.2, 0.25) is 0 Å². The molecule has 10 nitrogen and oxygen atoms in total. The van der Waals surface area contributed by atoms with Gasteiger partial charge in [-0.25, -0.2) is 4.79 Å². The molecule has 0 saturated heterocycles. The van der Waals surface area contributed by atoms with Crippen molar-refractivity contribution < 1.29 is 34.2 Å². The van der Waals surface area contributed by atoms with E-state index >= 15 is 0 Å². The van der Waals surface area contributed by atoms with Gasteiger partial charge in [0.2, 0.25) is 11.8 Å². The summed E-state index contributed by atoms with van der Waals surface area (Å²) in [6.07, 6.45) is 14.8. The van der Waals surface area contributed by atoms with Crippen LogP contribution in [0.5, 0.6) is 0 Å². The quantitative estimate of drug-likeness (QED) is 0.0825. The van der Waals surface area contributed by atoms with Gasteiger partial charge >= 0.3 is 11.9 Å². The molecular formula is C27H48BN3O7. The molecule has 2 amide bonds. The number of carbonyl (C=O) groups excluding carboxylic acids is 3. The molecular weight excluding hydrogens is 489 g/mol. The van der Waals surface area contributed by atoms with Crippen LogP contribution >= 0.6 is 0 Å². The van der Waals surface area contributed by atoms with Gasteiger partial charge in [-0.3, -0.25) is 14.4 Å². The number of carboxylic acids is 2. The van der Waals surface area contributed by atoms with E-state index in [1.54, 1.807) is 0 Å². The third-order valence-electron chi connectivity index (χ3n) is 6.47. The van der Waals surface area contributed by atoms with Gasteiger partial charge in [-0.15, -0.1) is 0 Å². The zero-order chi connectivity index (χ0) is 28.6. The first kappa shape index (κ1) is 35.6. The summed E-state index contributed by atoms with van der Waals surface area (Å²) >= 11 is 0. The van der Waals surface area contributed by atoms with E-state index in [9.17, 15) is 29.1 Å².